The van der Waals surface area contributed by atoms with Crippen molar-refractivity contribution in [1.82, 2.24) is 4.90 Å². The predicted octanol–water partition coefficient (Wildman–Crippen LogP) is 5.09. The Kier molecular flexibility index (Phi) is 7.51. The fourth-order valence-electron chi connectivity index (χ4n) is 3.22. The lowest BCUT2D eigenvalue weighted by atomic mass is 9.87. The molecule has 1 aromatic rings. The van der Waals surface area contributed by atoms with Crippen LogP contribution in [0.1, 0.15) is 72.9 Å². The van der Waals surface area contributed by atoms with Crippen LogP contribution >= 0.6 is 0 Å². The van der Waals surface area contributed by atoms with Crippen LogP contribution in [0.2, 0.25) is 0 Å². The van der Waals surface area contributed by atoms with Crippen LogP contribution in [0.15, 0.2) is 24.3 Å². The standard InChI is InChI=1S/C21H35NO4/c1-8-9-15(2)14-26-17-12-10-16(11-13-17)18(21(6,7)25)22(19(23)24)20(3,4)5/h10-13,15,18,25H,8-9,14H2,1-7H3,(H,23,24)/t15?,18-/m1/s1. The molecule has 2 N–H and O–H groups in total. The molecule has 5 heteroatoms. The summed E-state index contributed by atoms with van der Waals surface area (Å²) in [5.41, 5.74) is -1.14. The largest absolute Gasteiger partial charge is 0.493 e. The van der Waals surface area contributed by atoms with E-state index in [4.69, 9.17) is 4.74 Å². The van der Waals surface area contributed by atoms with Gasteiger partial charge in [0.2, 0.25) is 0 Å². The molecule has 148 valence electrons. The summed E-state index contributed by atoms with van der Waals surface area (Å²) < 4.78 is 5.82. The molecule has 0 aliphatic heterocycles. The van der Waals surface area contributed by atoms with Crippen molar-refractivity contribution in [2.24, 2.45) is 5.92 Å². The summed E-state index contributed by atoms with van der Waals surface area (Å²) in [5.74, 6) is 1.25. The molecule has 0 aromatic heterocycles. The fourth-order valence-corrected chi connectivity index (χ4v) is 3.22. The second kappa shape index (κ2) is 8.76. The van der Waals surface area contributed by atoms with E-state index >= 15 is 0 Å². The maximum absolute atomic E-state index is 11.9. The predicted molar refractivity (Wildman–Crippen MR) is 105 cm³/mol. The highest BCUT2D eigenvalue weighted by molar-refractivity contribution is 5.67. The lowest BCUT2D eigenvalue weighted by Gasteiger charge is -2.45. The number of hydrogen-bond donors (Lipinski definition) is 2. The second-order valence-corrected chi connectivity index (χ2v) is 8.65. The molecule has 0 heterocycles. The van der Waals surface area contributed by atoms with E-state index in [1.54, 1.807) is 13.8 Å². The molecule has 2 atom stereocenters. The average Bonchev–Trinajstić information content (AvgIpc) is 2.48. The van der Waals surface area contributed by atoms with Crippen LogP contribution in [0.3, 0.4) is 0 Å². The maximum Gasteiger partial charge on any atom is 0.408 e. The summed E-state index contributed by atoms with van der Waals surface area (Å²) in [6.07, 6.45) is 1.20. The van der Waals surface area contributed by atoms with E-state index in [9.17, 15) is 15.0 Å². The molecule has 0 saturated heterocycles. The molecule has 1 amide bonds. The van der Waals surface area contributed by atoms with Gasteiger partial charge >= 0.3 is 6.09 Å². The Morgan fingerprint density at radius 1 is 1.15 bits per heavy atom. The summed E-state index contributed by atoms with van der Waals surface area (Å²) in [6, 6.07) is 6.67. The number of aliphatic hydroxyl groups is 1. The van der Waals surface area contributed by atoms with E-state index in [0.717, 1.165) is 24.2 Å². The monoisotopic (exact) mass is 365 g/mol. The molecule has 1 unspecified atom stereocenters. The molecule has 0 bridgehead atoms. The van der Waals surface area contributed by atoms with Crippen LogP contribution in [-0.4, -0.2) is 39.0 Å². The first-order valence-corrected chi connectivity index (χ1v) is 9.35. The minimum Gasteiger partial charge on any atom is -0.493 e. The number of rotatable bonds is 8. The van der Waals surface area contributed by atoms with Gasteiger partial charge in [0.1, 0.15) is 5.75 Å². The molecule has 0 radical (unpaired) electrons. The molecule has 0 saturated carbocycles. The third-order valence-corrected chi connectivity index (χ3v) is 4.37. The number of hydrogen-bond acceptors (Lipinski definition) is 3. The van der Waals surface area contributed by atoms with Gasteiger partial charge in [0, 0.05) is 5.54 Å². The van der Waals surface area contributed by atoms with Crippen LogP contribution in [0.25, 0.3) is 0 Å². The smallest absolute Gasteiger partial charge is 0.408 e. The highest BCUT2D eigenvalue weighted by atomic mass is 16.5. The number of amides is 1. The fraction of sp³-hybridized carbons (Fsp3) is 0.667. The Bertz CT molecular complexity index is 569. The zero-order valence-corrected chi connectivity index (χ0v) is 17.2. The van der Waals surface area contributed by atoms with Crippen molar-refractivity contribution >= 4 is 6.09 Å². The molecule has 1 aromatic carbocycles. The highest BCUT2D eigenvalue weighted by Crippen LogP contribution is 2.37. The van der Waals surface area contributed by atoms with Crippen molar-refractivity contribution in [1.29, 1.82) is 0 Å². The maximum atomic E-state index is 11.9. The highest BCUT2D eigenvalue weighted by Gasteiger charge is 2.42. The Hall–Kier alpha value is -1.75. The number of benzene rings is 1. The van der Waals surface area contributed by atoms with Gasteiger partial charge in [-0.3, -0.25) is 4.90 Å². The number of carbonyl (C=O) groups is 1. The Morgan fingerprint density at radius 2 is 1.69 bits per heavy atom. The third kappa shape index (κ3) is 6.20. The van der Waals surface area contributed by atoms with Gasteiger partial charge in [-0.2, -0.15) is 0 Å². The van der Waals surface area contributed by atoms with Crippen LogP contribution in [-0.2, 0) is 0 Å². The van der Waals surface area contributed by atoms with Gasteiger partial charge in [0.25, 0.3) is 0 Å². The van der Waals surface area contributed by atoms with E-state index in [2.05, 4.69) is 13.8 Å². The molecule has 0 aliphatic carbocycles. The topological polar surface area (TPSA) is 70.0 Å². The molecule has 0 spiro atoms. The van der Waals surface area contributed by atoms with Crippen molar-refractivity contribution in [3.05, 3.63) is 29.8 Å². The van der Waals surface area contributed by atoms with Crippen LogP contribution in [0.5, 0.6) is 5.75 Å². The van der Waals surface area contributed by atoms with Gasteiger partial charge in [-0.25, -0.2) is 4.79 Å². The van der Waals surface area contributed by atoms with Crippen molar-refractivity contribution in [3.8, 4) is 5.75 Å². The summed E-state index contributed by atoms with van der Waals surface area (Å²) in [5, 5.41) is 20.4. The van der Waals surface area contributed by atoms with Crippen molar-refractivity contribution in [3.63, 3.8) is 0 Å². The Labute approximate surface area is 158 Å². The van der Waals surface area contributed by atoms with Gasteiger partial charge in [-0.1, -0.05) is 32.4 Å². The van der Waals surface area contributed by atoms with Crippen LogP contribution in [0.4, 0.5) is 4.79 Å². The van der Waals surface area contributed by atoms with E-state index < -0.39 is 23.3 Å². The third-order valence-electron chi connectivity index (χ3n) is 4.37. The van der Waals surface area contributed by atoms with Crippen molar-refractivity contribution in [2.75, 3.05) is 6.61 Å². The van der Waals surface area contributed by atoms with E-state index in [-0.39, 0.29) is 0 Å². The number of carboxylic acid groups (broad SMARTS) is 1. The minimum absolute atomic E-state index is 0.493. The first kappa shape index (κ1) is 22.3. The molecule has 26 heavy (non-hydrogen) atoms. The van der Waals surface area contributed by atoms with Crippen molar-refractivity contribution < 1.29 is 19.7 Å². The van der Waals surface area contributed by atoms with E-state index in [0.29, 0.717) is 12.5 Å². The first-order valence-electron chi connectivity index (χ1n) is 9.35. The van der Waals surface area contributed by atoms with Gasteiger partial charge in [-0.05, 0) is 64.7 Å². The SMILES string of the molecule is CCCC(C)COc1ccc([C@@H](N(C(=O)O)C(C)(C)C)C(C)(C)O)cc1. The summed E-state index contributed by atoms with van der Waals surface area (Å²) in [6.45, 7) is 13.7. The summed E-state index contributed by atoms with van der Waals surface area (Å²) >= 11 is 0. The molecular formula is C21H35NO4. The van der Waals surface area contributed by atoms with Crippen LogP contribution in [0, 0.1) is 5.92 Å². The van der Waals surface area contributed by atoms with Gasteiger partial charge < -0.3 is 14.9 Å². The molecule has 0 fully saturated rings. The molecule has 0 aliphatic rings. The quantitative estimate of drug-likeness (QED) is 0.673. The van der Waals surface area contributed by atoms with Gasteiger partial charge in [0.15, 0.2) is 0 Å². The molecular weight excluding hydrogens is 330 g/mol. The molecule has 5 nitrogen and oxygen atoms in total. The average molecular weight is 366 g/mol. The van der Waals surface area contributed by atoms with Crippen LogP contribution < -0.4 is 4.74 Å². The van der Waals surface area contributed by atoms with Gasteiger partial charge in [0.05, 0.1) is 18.2 Å². The van der Waals surface area contributed by atoms with Gasteiger partial charge in [-0.15, -0.1) is 0 Å². The van der Waals surface area contributed by atoms with E-state index in [1.807, 2.05) is 45.0 Å². The zero-order chi connectivity index (χ0) is 20.1. The Balaban J connectivity index is 3.08. The number of ether oxygens (including phenoxy) is 1. The minimum atomic E-state index is -1.23. The zero-order valence-electron chi connectivity index (χ0n) is 17.2. The Morgan fingerprint density at radius 3 is 2.08 bits per heavy atom. The lowest BCUT2D eigenvalue weighted by Crippen LogP contribution is -2.53. The van der Waals surface area contributed by atoms with Crippen molar-refractivity contribution in [2.45, 2.75) is 78.5 Å². The summed E-state index contributed by atoms with van der Waals surface area (Å²) in [7, 11) is 0. The molecule has 1 rings (SSSR count). The number of nitrogens with zero attached hydrogens (tertiary/aromatic N) is 1. The van der Waals surface area contributed by atoms with E-state index in [1.165, 1.54) is 4.90 Å². The lowest BCUT2D eigenvalue weighted by molar-refractivity contribution is -0.0440. The second-order valence-electron chi connectivity index (χ2n) is 8.65. The normalized spacial score (nSPS) is 14.6. The first-order chi connectivity index (χ1) is 11.9. The summed E-state index contributed by atoms with van der Waals surface area (Å²) in [4.78, 5) is 13.2.